The van der Waals surface area contributed by atoms with Crippen LogP contribution in [0.3, 0.4) is 0 Å². The SMILES string of the molecule is O=C1CCc2ccc(OCCCN3CCC(O)(c4cccc(Cl)c4)CC3)cc2N1. The fourth-order valence-corrected chi connectivity index (χ4v) is 4.32. The standard InChI is InChI=1S/C23H27ClN2O3/c24-19-4-1-3-18(15-19)23(28)9-12-26(13-10-23)11-2-14-29-20-7-5-17-6-8-22(27)25-21(17)16-20/h1,3-5,7,15-16,28H,2,6,8-14H2,(H,25,27). The average Bonchev–Trinajstić information content (AvgIpc) is 2.72. The van der Waals surface area contributed by atoms with Gasteiger partial charge in [-0.3, -0.25) is 4.79 Å². The highest BCUT2D eigenvalue weighted by atomic mass is 35.5. The van der Waals surface area contributed by atoms with Gasteiger partial charge in [0.1, 0.15) is 5.75 Å². The molecule has 0 radical (unpaired) electrons. The summed E-state index contributed by atoms with van der Waals surface area (Å²) in [5.41, 5.74) is 2.16. The maximum atomic E-state index is 11.5. The van der Waals surface area contributed by atoms with E-state index in [0.29, 0.717) is 30.9 Å². The number of rotatable bonds is 6. The second-order valence-corrected chi connectivity index (χ2v) is 8.39. The zero-order valence-corrected chi connectivity index (χ0v) is 17.3. The number of nitrogens with one attached hydrogen (secondary N) is 1. The number of hydrogen-bond donors (Lipinski definition) is 2. The van der Waals surface area contributed by atoms with Gasteiger partial charge in [0.15, 0.2) is 0 Å². The lowest BCUT2D eigenvalue weighted by Gasteiger charge is -2.38. The minimum Gasteiger partial charge on any atom is -0.493 e. The van der Waals surface area contributed by atoms with Crippen molar-refractivity contribution in [2.24, 2.45) is 0 Å². The van der Waals surface area contributed by atoms with E-state index in [1.807, 2.05) is 42.5 Å². The number of anilines is 1. The van der Waals surface area contributed by atoms with Crippen LogP contribution >= 0.6 is 11.6 Å². The number of carbonyl (C=O) groups is 1. The maximum Gasteiger partial charge on any atom is 0.224 e. The van der Waals surface area contributed by atoms with Crippen molar-refractivity contribution in [2.75, 3.05) is 31.6 Å². The van der Waals surface area contributed by atoms with Crippen LogP contribution in [0.4, 0.5) is 5.69 Å². The van der Waals surface area contributed by atoms with E-state index in [-0.39, 0.29) is 5.91 Å². The molecule has 5 nitrogen and oxygen atoms in total. The number of fused-ring (bicyclic) bond motifs is 1. The van der Waals surface area contributed by atoms with Crippen LogP contribution in [0.25, 0.3) is 0 Å². The molecule has 2 aromatic rings. The highest BCUT2D eigenvalue weighted by molar-refractivity contribution is 6.30. The Bertz CT molecular complexity index is 878. The Kier molecular flexibility index (Phi) is 6.09. The summed E-state index contributed by atoms with van der Waals surface area (Å²) in [7, 11) is 0. The van der Waals surface area contributed by atoms with Gasteiger partial charge in [-0.25, -0.2) is 0 Å². The monoisotopic (exact) mass is 414 g/mol. The zero-order chi connectivity index (χ0) is 20.3. The van der Waals surface area contributed by atoms with Crippen molar-refractivity contribution in [1.29, 1.82) is 0 Å². The van der Waals surface area contributed by atoms with Gasteiger partial charge >= 0.3 is 0 Å². The van der Waals surface area contributed by atoms with Gasteiger partial charge in [0.05, 0.1) is 12.2 Å². The largest absolute Gasteiger partial charge is 0.493 e. The molecule has 0 aliphatic carbocycles. The normalized spacial score (nSPS) is 18.8. The Morgan fingerprint density at radius 2 is 1.97 bits per heavy atom. The van der Waals surface area contributed by atoms with Crippen molar-refractivity contribution < 1.29 is 14.6 Å². The number of aliphatic hydroxyl groups is 1. The molecule has 29 heavy (non-hydrogen) atoms. The first kappa shape index (κ1) is 20.2. The minimum atomic E-state index is -0.786. The van der Waals surface area contributed by atoms with Gasteiger partial charge < -0.3 is 20.1 Å². The number of piperidine rings is 1. The number of halogens is 1. The molecule has 0 atom stereocenters. The fraction of sp³-hybridized carbons (Fsp3) is 0.435. The Hall–Kier alpha value is -2.08. The van der Waals surface area contributed by atoms with Crippen LogP contribution in [0.1, 0.15) is 36.8 Å². The van der Waals surface area contributed by atoms with Crippen molar-refractivity contribution in [3.63, 3.8) is 0 Å². The molecule has 2 aliphatic heterocycles. The third-order valence-corrected chi connectivity index (χ3v) is 6.14. The number of likely N-dealkylation sites (tertiary alicyclic amines) is 1. The van der Waals surface area contributed by atoms with Crippen LogP contribution in [0.2, 0.25) is 5.02 Å². The van der Waals surface area contributed by atoms with Crippen molar-refractivity contribution in [3.8, 4) is 5.75 Å². The number of ether oxygens (including phenoxy) is 1. The van der Waals surface area contributed by atoms with Gasteiger partial charge in [-0.15, -0.1) is 0 Å². The Morgan fingerprint density at radius 3 is 2.76 bits per heavy atom. The molecule has 0 spiro atoms. The van der Waals surface area contributed by atoms with Crippen LogP contribution < -0.4 is 10.1 Å². The van der Waals surface area contributed by atoms with Crippen LogP contribution in [0, 0.1) is 0 Å². The number of nitrogens with zero attached hydrogens (tertiary/aromatic N) is 1. The van der Waals surface area contributed by atoms with E-state index in [1.165, 1.54) is 0 Å². The number of amides is 1. The summed E-state index contributed by atoms with van der Waals surface area (Å²) in [5, 5.41) is 14.6. The number of aryl methyl sites for hydroxylation is 1. The topological polar surface area (TPSA) is 61.8 Å². The molecule has 1 fully saturated rings. The van der Waals surface area contributed by atoms with Gasteiger partial charge in [-0.2, -0.15) is 0 Å². The maximum absolute atomic E-state index is 11.5. The molecule has 0 bridgehead atoms. The lowest BCUT2D eigenvalue weighted by atomic mass is 9.84. The molecule has 0 aromatic heterocycles. The molecule has 1 amide bonds. The lowest BCUT2D eigenvalue weighted by Crippen LogP contribution is -2.43. The third kappa shape index (κ3) is 4.92. The highest BCUT2D eigenvalue weighted by Gasteiger charge is 2.33. The van der Waals surface area contributed by atoms with E-state index in [2.05, 4.69) is 10.2 Å². The summed E-state index contributed by atoms with van der Waals surface area (Å²) < 4.78 is 5.88. The zero-order valence-electron chi connectivity index (χ0n) is 16.5. The Labute approximate surface area is 176 Å². The van der Waals surface area contributed by atoms with Crippen LogP contribution in [0.5, 0.6) is 5.75 Å². The summed E-state index contributed by atoms with van der Waals surface area (Å²) >= 11 is 6.08. The van der Waals surface area contributed by atoms with E-state index in [0.717, 1.165) is 55.0 Å². The predicted octanol–water partition coefficient (Wildman–Crippen LogP) is 3.98. The van der Waals surface area contributed by atoms with Gasteiger partial charge in [-0.05, 0) is 55.0 Å². The second-order valence-electron chi connectivity index (χ2n) is 7.95. The molecule has 0 unspecified atom stereocenters. The molecular weight excluding hydrogens is 388 g/mol. The molecule has 2 aliphatic rings. The van der Waals surface area contributed by atoms with E-state index in [9.17, 15) is 9.90 Å². The van der Waals surface area contributed by atoms with Crippen molar-refractivity contribution in [1.82, 2.24) is 4.90 Å². The highest BCUT2D eigenvalue weighted by Crippen LogP contribution is 2.34. The smallest absolute Gasteiger partial charge is 0.224 e. The summed E-state index contributed by atoms with van der Waals surface area (Å²) in [6.45, 7) is 3.27. The molecule has 2 N–H and O–H groups in total. The van der Waals surface area contributed by atoms with Gasteiger partial charge in [-0.1, -0.05) is 29.8 Å². The van der Waals surface area contributed by atoms with Gasteiger partial charge in [0, 0.05) is 42.8 Å². The van der Waals surface area contributed by atoms with Gasteiger partial charge in [0.2, 0.25) is 5.91 Å². The molecule has 2 heterocycles. The number of carbonyl (C=O) groups excluding carboxylic acids is 1. The van der Waals surface area contributed by atoms with E-state index >= 15 is 0 Å². The number of hydrogen-bond acceptors (Lipinski definition) is 4. The summed E-state index contributed by atoms with van der Waals surface area (Å²) in [6, 6.07) is 13.5. The van der Waals surface area contributed by atoms with Crippen molar-refractivity contribution >= 4 is 23.2 Å². The number of benzene rings is 2. The molecule has 1 saturated heterocycles. The molecule has 4 rings (SSSR count). The van der Waals surface area contributed by atoms with Crippen LogP contribution in [-0.2, 0) is 16.8 Å². The van der Waals surface area contributed by atoms with Crippen LogP contribution in [0.15, 0.2) is 42.5 Å². The molecule has 154 valence electrons. The Morgan fingerprint density at radius 1 is 1.14 bits per heavy atom. The molecule has 0 saturated carbocycles. The predicted molar refractivity (Wildman–Crippen MR) is 115 cm³/mol. The Balaban J connectivity index is 1.21. The molecular formula is C23H27ClN2O3. The van der Waals surface area contributed by atoms with Gasteiger partial charge in [0.25, 0.3) is 0 Å². The molecule has 2 aromatic carbocycles. The lowest BCUT2D eigenvalue weighted by molar-refractivity contribution is -0.116. The quantitative estimate of drug-likeness (QED) is 0.702. The summed E-state index contributed by atoms with van der Waals surface area (Å²) in [6.07, 6.45) is 3.67. The van der Waals surface area contributed by atoms with Crippen molar-refractivity contribution in [2.45, 2.75) is 37.7 Å². The minimum absolute atomic E-state index is 0.0671. The van der Waals surface area contributed by atoms with E-state index < -0.39 is 5.60 Å². The fourth-order valence-electron chi connectivity index (χ4n) is 4.13. The third-order valence-electron chi connectivity index (χ3n) is 5.91. The molecule has 6 heteroatoms. The van der Waals surface area contributed by atoms with Crippen LogP contribution in [-0.4, -0.2) is 42.2 Å². The van der Waals surface area contributed by atoms with Crippen molar-refractivity contribution in [3.05, 3.63) is 58.6 Å². The average molecular weight is 415 g/mol. The second kappa shape index (κ2) is 8.74. The first-order valence-electron chi connectivity index (χ1n) is 10.3. The van der Waals surface area contributed by atoms with E-state index in [1.54, 1.807) is 0 Å². The summed E-state index contributed by atoms with van der Waals surface area (Å²) in [4.78, 5) is 13.9. The first-order valence-corrected chi connectivity index (χ1v) is 10.7. The van der Waals surface area contributed by atoms with E-state index in [4.69, 9.17) is 16.3 Å². The first-order chi connectivity index (χ1) is 14.0. The summed E-state index contributed by atoms with van der Waals surface area (Å²) in [5.74, 6) is 0.859.